The standard InChI is InChI=1S/C16H24N2/c17-16(8-3-4-9-16)10-12-18-11-7-14-5-1-2-6-15(14)13-18/h1-2,5-6H,3-4,7-13,17H2. The van der Waals surface area contributed by atoms with Crippen molar-refractivity contribution in [2.24, 2.45) is 5.73 Å². The Kier molecular flexibility index (Phi) is 3.40. The first-order chi connectivity index (χ1) is 8.75. The molecule has 3 rings (SSSR count). The zero-order valence-electron chi connectivity index (χ0n) is 11.2. The minimum Gasteiger partial charge on any atom is -0.325 e. The van der Waals surface area contributed by atoms with Gasteiger partial charge in [-0.25, -0.2) is 0 Å². The quantitative estimate of drug-likeness (QED) is 0.886. The van der Waals surface area contributed by atoms with Crippen LogP contribution in [0.3, 0.4) is 0 Å². The van der Waals surface area contributed by atoms with Crippen LogP contribution in [0.25, 0.3) is 0 Å². The predicted molar refractivity (Wildman–Crippen MR) is 75.4 cm³/mol. The molecule has 2 nitrogen and oxygen atoms in total. The van der Waals surface area contributed by atoms with E-state index in [2.05, 4.69) is 29.2 Å². The van der Waals surface area contributed by atoms with E-state index in [1.54, 1.807) is 0 Å². The topological polar surface area (TPSA) is 29.3 Å². The molecule has 1 saturated carbocycles. The third kappa shape index (κ3) is 2.60. The molecule has 98 valence electrons. The molecule has 0 bridgehead atoms. The van der Waals surface area contributed by atoms with Crippen LogP contribution in [0.15, 0.2) is 24.3 Å². The van der Waals surface area contributed by atoms with E-state index in [1.807, 2.05) is 0 Å². The van der Waals surface area contributed by atoms with Crippen LogP contribution in [-0.2, 0) is 13.0 Å². The monoisotopic (exact) mass is 244 g/mol. The van der Waals surface area contributed by atoms with Gasteiger partial charge in [0.2, 0.25) is 0 Å². The summed E-state index contributed by atoms with van der Waals surface area (Å²) in [7, 11) is 0. The van der Waals surface area contributed by atoms with Crippen LogP contribution in [0.4, 0.5) is 0 Å². The van der Waals surface area contributed by atoms with Gasteiger partial charge in [-0.3, -0.25) is 4.90 Å². The zero-order valence-corrected chi connectivity index (χ0v) is 11.2. The molecule has 1 aromatic rings. The molecule has 1 aromatic carbocycles. The summed E-state index contributed by atoms with van der Waals surface area (Å²) >= 11 is 0. The van der Waals surface area contributed by atoms with Crippen molar-refractivity contribution < 1.29 is 0 Å². The number of fused-ring (bicyclic) bond motifs is 1. The lowest BCUT2D eigenvalue weighted by atomic mass is 9.93. The lowest BCUT2D eigenvalue weighted by Gasteiger charge is -2.32. The maximum atomic E-state index is 6.44. The Labute approximate surface area is 110 Å². The molecule has 2 heteroatoms. The fourth-order valence-corrected chi connectivity index (χ4v) is 3.45. The van der Waals surface area contributed by atoms with E-state index in [0.717, 1.165) is 6.54 Å². The fraction of sp³-hybridized carbons (Fsp3) is 0.625. The molecular weight excluding hydrogens is 220 g/mol. The van der Waals surface area contributed by atoms with Gasteiger partial charge in [0.15, 0.2) is 0 Å². The third-order valence-electron chi connectivity index (χ3n) is 4.73. The van der Waals surface area contributed by atoms with E-state index >= 15 is 0 Å². The normalized spacial score (nSPS) is 22.9. The number of benzene rings is 1. The van der Waals surface area contributed by atoms with Crippen molar-refractivity contribution in [3.8, 4) is 0 Å². The summed E-state index contributed by atoms with van der Waals surface area (Å²) in [5, 5.41) is 0. The molecule has 1 aliphatic heterocycles. The zero-order chi connectivity index (χ0) is 12.4. The minimum absolute atomic E-state index is 0.150. The molecule has 0 amide bonds. The molecule has 2 N–H and O–H groups in total. The Morgan fingerprint density at radius 1 is 1.11 bits per heavy atom. The van der Waals surface area contributed by atoms with Crippen molar-refractivity contribution in [1.29, 1.82) is 0 Å². The van der Waals surface area contributed by atoms with Gasteiger partial charge in [0, 0.05) is 25.2 Å². The first kappa shape index (κ1) is 12.2. The predicted octanol–water partition coefficient (Wildman–Crippen LogP) is 2.71. The summed E-state index contributed by atoms with van der Waals surface area (Å²) in [4.78, 5) is 2.58. The number of rotatable bonds is 3. The van der Waals surface area contributed by atoms with Crippen molar-refractivity contribution in [2.45, 2.75) is 50.6 Å². The van der Waals surface area contributed by atoms with Gasteiger partial charge in [0.25, 0.3) is 0 Å². The van der Waals surface area contributed by atoms with Crippen LogP contribution >= 0.6 is 0 Å². The van der Waals surface area contributed by atoms with Gasteiger partial charge in [-0.2, -0.15) is 0 Å². The molecule has 1 fully saturated rings. The number of nitrogens with zero attached hydrogens (tertiary/aromatic N) is 1. The summed E-state index contributed by atoms with van der Waals surface area (Å²) in [6, 6.07) is 8.86. The second-order valence-corrected chi connectivity index (χ2v) is 6.11. The summed E-state index contributed by atoms with van der Waals surface area (Å²) in [6.07, 6.45) is 7.51. The Balaban J connectivity index is 1.56. The van der Waals surface area contributed by atoms with Gasteiger partial charge in [0.1, 0.15) is 0 Å². The number of nitrogens with two attached hydrogens (primary N) is 1. The molecule has 0 saturated heterocycles. The summed E-state index contributed by atoms with van der Waals surface area (Å²) in [5.41, 5.74) is 9.65. The van der Waals surface area contributed by atoms with Crippen LogP contribution in [0.1, 0.15) is 43.2 Å². The van der Waals surface area contributed by atoms with Gasteiger partial charge in [-0.1, -0.05) is 37.1 Å². The Bertz CT molecular complexity index is 407. The SMILES string of the molecule is NC1(CCN2CCc3ccccc3C2)CCCC1. The highest BCUT2D eigenvalue weighted by Gasteiger charge is 2.29. The van der Waals surface area contributed by atoms with Crippen LogP contribution in [0.5, 0.6) is 0 Å². The fourth-order valence-electron chi connectivity index (χ4n) is 3.45. The number of hydrogen-bond donors (Lipinski definition) is 1. The highest BCUT2D eigenvalue weighted by molar-refractivity contribution is 5.29. The third-order valence-corrected chi connectivity index (χ3v) is 4.73. The first-order valence-corrected chi connectivity index (χ1v) is 7.33. The van der Waals surface area contributed by atoms with Crippen molar-refractivity contribution in [1.82, 2.24) is 4.90 Å². The van der Waals surface area contributed by atoms with Gasteiger partial charge < -0.3 is 5.73 Å². The highest BCUT2D eigenvalue weighted by Crippen LogP contribution is 2.30. The van der Waals surface area contributed by atoms with Gasteiger partial charge >= 0.3 is 0 Å². The van der Waals surface area contributed by atoms with Gasteiger partial charge in [0.05, 0.1) is 0 Å². The van der Waals surface area contributed by atoms with E-state index in [1.165, 1.54) is 62.7 Å². The average molecular weight is 244 g/mol. The molecular formula is C16H24N2. The van der Waals surface area contributed by atoms with Crippen molar-refractivity contribution in [3.63, 3.8) is 0 Å². The molecule has 0 aromatic heterocycles. The van der Waals surface area contributed by atoms with Crippen LogP contribution in [-0.4, -0.2) is 23.5 Å². The van der Waals surface area contributed by atoms with Crippen LogP contribution < -0.4 is 5.73 Å². The van der Waals surface area contributed by atoms with E-state index < -0.39 is 0 Å². The molecule has 0 spiro atoms. The lowest BCUT2D eigenvalue weighted by molar-refractivity contribution is 0.223. The molecule has 0 unspecified atom stereocenters. The molecule has 18 heavy (non-hydrogen) atoms. The molecule has 0 atom stereocenters. The van der Waals surface area contributed by atoms with Gasteiger partial charge in [-0.05, 0) is 36.8 Å². The molecule has 1 heterocycles. The minimum atomic E-state index is 0.150. The average Bonchev–Trinajstić information content (AvgIpc) is 2.84. The van der Waals surface area contributed by atoms with E-state index in [0.29, 0.717) is 0 Å². The maximum absolute atomic E-state index is 6.44. The van der Waals surface area contributed by atoms with Crippen LogP contribution in [0.2, 0.25) is 0 Å². The molecule has 1 aliphatic carbocycles. The lowest BCUT2D eigenvalue weighted by Crippen LogP contribution is -2.41. The summed E-state index contributed by atoms with van der Waals surface area (Å²) < 4.78 is 0. The second-order valence-electron chi connectivity index (χ2n) is 6.11. The van der Waals surface area contributed by atoms with Gasteiger partial charge in [-0.15, -0.1) is 0 Å². The largest absolute Gasteiger partial charge is 0.325 e. The summed E-state index contributed by atoms with van der Waals surface area (Å²) in [6.45, 7) is 3.49. The Hall–Kier alpha value is -0.860. The van der Waals surface area contributed by atoms with E-state index in [4.69, 9.17) is 5.73 Å². The summed E-state index contributed by atoms with van der Waals surface area (Å²) in [5.74, 6) is 0. The maximum Gasteiger partial charge on any atom is 0.0236 e. The van der Waals surface area contributed by atoms with E-state index in [9.17, 15) is 0 Å². The second kappa shape index (κ2) is 5.02. The first-order valence-electron chi connectivity index (χ1n) is 7.33. The van der Waals surface area contributed by atoms with Crippen molar-refractivity contribution >= 4 is 0 Å². The highest BCUT2D eigenvalue weighted by atomic mass is 15.1. The van der Waals surface area contributed by atoms with E-state index in [-0.39, 0.29) is 5.54 Å². The number of hydrogen-bond acceptors (Lipinski definition) is 2. The Morgan fingerprint density at radius 3 is 2.61 bits per heavy atom. The van der Waals surface area contributed by atoms with Crippen molar-refractivity contribution in [2.75, 3.05) is 13.1 Å². The molecule has 0 radical (unpaired) electrons. The molecule has 2 aliphatic rings. The smallest absolute Gasteiger partial charge is 0.0236 e. The van der Waals surface area contributed by atoms with Crippen molar-refractivity contribution in [3.05, 3.63) is 35.4 Å². The van der Waals surface area contributed by atoms with Crippen LogP contribution in [0, 0.1) is 0 Å². The Morgan fingerprint density at radius 2 is 1.83 bits per heavy atom.